The Kier molecular flexibility index (Phi) is 3.18. The zero-order chi connectivity index (χ0) is 15.7. The van der Waals surface area contributed by atoms with Crippen LogP contribution in [-0.2, 0) is 4.79 Å². The first-order valence-corrected chi connectivity index (χ1v) is 9.28. The van der Waals surface area contributed by atoms with Gasteiger partial charge in [0.1, 0.15) is 0 Å². The van der Waals surface area contributed by atoms with E-state index in [4.69, 9.17) is 0 Å². The predicted molar refractivity (Wildman–Crippen MR) is 87.3 cm³/mol. The van der Waals surface area contributed by atoms with Crippen molar-refractivity contribution >= 4 is 5.78 Å². The molecule has 0 bridgehead atoms. The molecule has 22 heavy (non-hydrogen) atoms. The van der Waals surface area contributed by atoms with Crippen LogP contribution in [-0.4, -0.2) is 17.0 Å². The van der Waals surface area contributed by atoms with Crippen LogP contribution >= 0.6 is 0 Å². The van der Waals surface area contributed by atoms with Crippen molar-refractivity contribution in [3.63, 3.8) is 0 Å². The Morgan fingerprint density at radius 3 is 2.68 bits per heavy atom. The number of ketones is 1. The number of aliphatic hydroxyl groups excluding tert-OH is 1. The maximum atomic E-state index is 11.8. The summed E-state index contributed by atoms with van der Waals surface area (Å²) in [6.45, 7) is 7.01. The lowest BCUT2D eigenvalue weighted by Gasteiger charge is -2.57. The highest BCUT2D eigenvalue weighted by atomic mass is 16.3. The van der Waals surface area contributed by atoms with E-state index in [1.54, 1.807) is 0 Å². The molecule has 2 heteroatoms. The Labute approximate surface area is 134 Å². The molecule has 0 aliphatic heterocycles. The molecule has 122 valence electrons. The normalized spacial score (nSPS) is 54.3. The van der Waals surface area contributed by atoms with Crippen molar-refractivity contribution in [2.75, 3.05) is 0 Å². The minimum atomic E-state index is -0.115. The lowest BCUT2D eigenvalue weighted by Crippen LogP contribution is -2.51. The zero-order valence-corrected chi connectivity index (χ0v) is 14.3. The van der Waals surface area contributed by atoms with Crippen LogP contribution in [0, 0.1) is 34.5 Å². The van der Waals surface area contributed by atoms with Crippen LogP contribution in [0.4, 0.5) is 0 Å². The van der Waals surface area contributed by atoms with Gasteiger partial charge in [-0.3, -0.25) is 4.79 Å². The first kappa shape index (κ1) is 14.9. The Balaban J connectivity index is 1.69. The van der Waals surface area contributed by atoms with Crippen LogP contribution in [0.15, 0.2) is 11.6 Å². The van der Waals surface area contributed by atoms with Gasteiger partial charge in [0.15, 0.2) is 5.78 Å². The number of hydrogen-bond donors (Lipinski definition) is 1. The van der Waals surface area contributed by atoms with Gasteiger partial charge in [-0.15, -0.1) is 0 Å². The second kappa shape index (κ2) is 4.69. The summed E-state index contributed by atoms with van der Waals surface area (Å²) >= 11 is 0. The van der Waals surface area contributed by atoms with E-state index in [2.05, 4.69) is 20.8 Å². The predicted octanol–water partition coefficient (Wildman–Crippen LogP) is 4.13. The molecule has 0 aromatic carbocycles. The van der Waals surface area contributed by atoms with Crippen LogP contribution in [0.1, 0.15) is 65.7 Å². The van der Waals surface area contributed by atoms with Gasteiger partial charge in [-0.2, -0.15) is 0 Å². The Morgan fingerprint density at radius 1 is 1.14 bits per heavy atom. The van der Waals surface area contributed by atoms with E-state index in [9.17, 15) is 9.90 Å². The molecule has 0 aromatic rings. The smallest absolute Gasteiger partial charge is 0.155 e. The standard InChI is InChI=1S/C20H30O2/c1-12-10-17-15-5-4-13-11-14(21)6-8-19(13,2)16(15)7-9-20(17,3)18(12)22/h11-12,15-18,22H,4-10H2,1-3H3/t12?,15-,16+,17+,18?,19+,20+/m1/s1. The third-order valence-electron chi connectivity index (χ3n) is 8.24. The second-order valence-corrected chi connectivity index (χ2v) is 9.17. The van der Waals surface area contributed by atoms with Crippen LogP contribution in [0.5, 0.6) is 0 Å². The second-order valence-electron chi connectivity index (χ2n) is 9.17. The summed E-state index contributed by atoms with van der Waals surface area (Å²) < 4.78 is 0. The van der Waals surface area contributed by atoms with E-state index >= 15 is 0 Å². The van der Waals surface area contributed by atoms with Crippen molar-refractivity contribution in [2.45, 2.75) is 71.8 Å². The number of carbonyl (C=O) groups is 1. The molecule has 4 rings (SSSR count). The van der Waals surface area contributed by atoms with Gasteiger partial charge in [0.2, 0.25) is 0 Å². The van der Waals surface area contributed by atoms with Gasteiger partial charge in [0, 0.05) is 6.42 Å². The fourth-order valence-corrected chi connectivity index (χ4v) is 6.90. The monoisotopic (exact) mass is 302 g/mol. The molecule has 0 amide bonds. The van der Waals surface area contributed by atoms with Crippen molar-refractivity contribution < 1.29 is 9.90 Å². The number of aliphatic hydroxyl groups is 1. The van der Waals surface area contributed by atoms with Crippen molar-refractivity contribution in [3.05, 3.63) is 11.6 Å². The molecule has 0 radical (unpaired) electrons. The molecule has 3 saturated carbocycles. The van der Waals surface area contributed by atoms with Crippen molar-refractivity contribution in [3.8, 4) is 0 Å². The third kappa shape index (κ3) is 1.79. The van der Waals surface area contributed by atoms with Gasteiger partial charge >= 0.3 is 0 Å². The largest absolute Gasteiger partial charge is 0.392 e. The molecule has 4 aliphatic rings. The quantitative estimate of drug-likeness (QED) is 0.730. The van der Waals surface area contributed by atoms with Crippen molar-refractivity contribution in [1.29, 1.82) is 0 Å². The fourth-order valence-electron chi connectivity index (χ4n) is 6.90. The molecule has 0 spiro atoms. The maximum absolute atomic E-state index is 11.8. The lowest BCUT2D eigenvalue weighted by molar-refractivity contribution is -0.118. The summed E-state index contributed by atoms with van der Waals surface area (Å²) in [5, 5.41) is 10.7. The lowest BCUT2D eigenvalue weighted by atomic mass is 9.47. The molecular formula is C20H30O2. The van der Waals surface area contributed by atoms with Gasteiger partial charge in [-0.1, -0.05) is 26.3 Å². The highest BCUT2D eigenvalue weighted by molar-refractivity contribution is 5.91. The van der Waals surface area contributed by atoms with E-state index in [0.717, 1.165) is 31.1 Å². The summed E-state index contributed by atoms with van der Waals surface area (Å²) in [6.07, 6.45) is 9.62. The molecule has 2 unspecified atom stereocenters. The summed E-state index contributed by atoms with van der Waals surface area (Å²) in [4.78, 5) is 11.8. The fraction of sp³-hybridized carbons (Fsp3) is 0.850. The molecular weight excluding hydrogens is 272 g/mol. The van der Waals surface area contributed by atoms with E-state index in [1.807, 2.05) is 6.08 Å². The zero-order valence-electron chi connectivity index (χ0n) is 14.3. The molecule has 0 heterocycles. The molecule has 3 fully saturated rings. The summed E-state index contributed by atoms with van der Waals surface area (Å²) in [7, 11) is 0. The van der Waals surface area contributed by atoms with Crippen LogP contribution < -0.4 is 0 Å². The number of fused-ring (bicyclic) bond motifs is 5. The van der Waals surface area contributed by atoms with E-state index in [1.165, 1.54) is 31.3 Å². The molecule has 7 atom stereocenters. The van der Waals surface area contributed by atoms with Crippen LogP contribution in [0.3, 0.4) is 0 Å². The third-order valence-corrected chi connectivity index (χ3v) is 8.24. The van der Waals surface area contributed by atoms with Gasteiger partial charge < -0.3 is 5.11 Å². The first-order valence-electron chi connectivity index (χ1n) is 9.28. The Bertz CT molecular complexity index is 536. The summed E-state index contributed by atoms with van der Waals surface area (Å²) in [5.41, 5.74) is 1.85. The average molecular weight is 302 g/mol. The SMILES string of the molecule is CC1C[C@H]2[C@@H]3CCC4=CC(=O)CC[C@]4(C)[C@H]3CC[C@]2(C)C1O. The minimum absolute atomic E-state index is 0.115. The van der Waals surface area contributed by atoms with Gasteiger partial charge in [0.05, 0.1) is 6.10 Å². The number of hydrogen-bond acceptors (Lipinski definition) is 2. The number of allylic oxidation sites excluding steroid dienone is 1. The van der Waals surface area contributed by atoms with Gasteiger partial charge in [-0.25, -0.2) is 0 Å². The first-order chi connectivity index (χ1) is 10.4. The number of carbonyl (C=O) groups excluding carboxylic acids is 1. The van der Waals surface area contributed by atoms with Gasteiger partial charge in [-0.05, 0) is 79.1 Å². The van der Waals surface area contributed by atoms with Crippen LogP contribution in [0.2, 0.25) is 0 Å². The Morgan fingerprint density at radius 2 is 1.91 bits per heavy atom. The molecule has 2 nitrogen and oxygen atoms in total. The summed E-state index contributed by atoms with van der Waals surface area (Å²) in [6, 6.07) is 0. The highest BCUT2D eigenvalue weighted by Crippen LogP contribution is 2.65. The highest BCUT2D eigenvalue weighted by Gasteiger charge is 2.60. The summed E-state index contributed by atoms with van der Waals surface area (Å²) in [5.74, 6) is 2.97. The van der Waals surface area contributed by atoms with E-state index in [0.29, 0.717) is 17.6 Å². The number of rotatable bonds is 0. The topological polar surface area (TPSA) is 37.3 Å². The van der Waals surface area contributed by atoms with Gasteiger partial charge in [0.25, 0.3) is 0 Å². The average Bonchev–Trinajstić information content (AvgIpc) is 2.72. The molecule has 0 saturated heterocycles. The maximum Gasteiger partial charge on any atom is 0.155 e. The Hall–Kier alpha value is -0.630. The molecule has 4 aliphatic carbocycles. The minimum Gasteiger partial charge on any atom is -0.392 e. The van der Waals surface area contributed by atoms with Crippen molar-refractivity contribution in [2.24, 2.45) is 34.5 Å². The van der Waals surface area contributed by atoms with Crippen molar-refractivity contribution in [1.82, 2.24) is 0 Å². The molecule has 1 N–H and O–H groups in total. The molecule has 0 aromatic heterocycles. The van der Waals surface area contributed by atoms with E-state index in [-0.39, 0.29) is 16.9 Å². The van der Waals surface area contributed by atoms with Crippen LogP contribution in [0.25, 0.3) is 0 Å². The van der Waals surface area contributed by atoms with E-state index < -0.39 is 0 Å².